The largest absolute Gasteiger partial charge is 0.258 e. The van der Waals surface area contributed by atoms with E-state index in [4.69, 9.17) is 0 Å². The Bertz CT molecular complexity index is 239. The van der Waals surface area contributed by atoms with Gasteiger partial charge in [0.25, 0.3) is 0 Å². The zero-order chi connectivity index (χ0) is 8.97. The number of aromatic nitrogens is 1. The molecular formula is C11H17N. The molecule has 0 atom stereocenters. The highest BCUT2D eigenvalue weighted by molar-refractivity contribution is 5.13. The average Bonchev–Trinajstić information content (AvgIpc) is 2.07. The summed E-state index contributed by atoms with van der Waals surface area (Å²) in [7, 11) is 0. The summed E-state index contributed by atoms with van der Waals surface area (Å²) >= 11 is 0. The van der Waals surface area contributed by atoms with Crippen molar-refractivity contribution in [3.63, 3.8) is 0 Å². The van der Waals surface area contributed by atoms with Crippen LogP contribution in [0.5, 0.6) is 0 Å². The third kappa shape index (κ3) is 2.07. The minimum absolute atomic E-state index is 0.643. The summed E-state index contributed by atoms with van der Waals surface area (Å²) < 4.78 is 0. The van der Waals surface area contributed by atoms with Gasteiger partial charge >= 0.3 is 0 Å². The molecule has 1 aromatic heterocycles. The molecule has 0 fully saturated rings. The van der Waals surface area contributed by atoms with E-state index in [9.17, 15) is 0 Å². The number of nitrogens with zero attached hydrogens (tertiary/aromatic N) is 1. The van der Waals surface area contributed by atoms with Gasteiger partial charge in [-0.15, -0.1) is 0 Å². The Morgan fingerprint density at radius 2 is 1.92 bits per heavy atom. The maximum atomic E-state index is 4.52. The second-order valence-electron chi connectivity index (χ2n) is 3.22. The van der Waals surface area contributed by atoms with Gasteiger partial charge in [0.05, 0.1) is 0 Å². The fourth-order valence-electron chi connectivity index (χ4n) is 1.50. The van der Waals surface area contributed by atoms with E-state index < -0.39 is 0 Å². The molecule has 0 bridgehead atoms. The third-order valence-electron chi connectivity index (χ3n) is 2.31. The van der Waals surface area contributed by atoms with Crippen molar-refractivity contribution in [3.8, 4) is 0 Å². The highest BCUT2D eigenvalue weighted by Gasteiger charge is 2.07. The molecule has 0 aliphatic rings. The van der Waals surface area contributed by atoms with Crippen LogP contribution in [0.4, 0.5) is 0 Å². The van der Waals surface area contributed by atoms with Crippen molar-refractivity contribution in [2.75, 3.05) is 0 Å². The summed E-state index contributed by atoms with van der Waals surface area (Å²) in [6.45, 7) is 6.49. The maximum absolute atomic E-state index is 4.52. The number of rotatable bonds is 3. The molecule has 0 aliphatic carbocycles. The van der Waals surface area contributed by atoms with Crippen LogP contribution >= 0.6 is 0 Å². The van der Waals surface area contributed by atoms with Gasteiger partial charge in [-0.3, -0.25) is 4.98 Å². The van der Waals surface area contributed by atoms with Crippen LogP contribution in [-0.2, 0) is 0 Å². The molecule has 0 amide bonds. The van der Waals surface area contributed by atoms with Gasteiger partial charge in [0.1, 0.15) is 0 Å². The molecule has 0 aliphatic heterocycles. The highest BCUT2D eigenvalue weighted by atomic mass is 14.7. The smallest absolute Gasteiger partial charge is 0.0437 e. The fraction of sp³-hybridized carbons (Fsp3) is 0.545. The number of pyridine rings is 1. The van der Waals surface area contributed by atoms with E-state index in [0.29, 0.717) is 5.92 Å². The lowest BCUT2D eigenvalue weighted by atomic mass is 9.99. The van der Waals surface area contributed by atoms with E-state index in [2.05, 4.69) is 31.0 Å². The molecule has 0 N–H and O–H groups in total. The summed E-state index contributed by atoms with van der Waals surface area (Å²) in [4.78, 5) is 4.52. The van der Waals surface area contributed by atoms with Crippen molar-refractivity contribution in [2.45, 2.75) is 39.5 Å². The number of aryl methyl sites for hydroxylation is 1. The average molecular weight is 163 g/mol. The van der Waals surface area contributed by atoms with Crippen molar-refractivity contribution in [1.82, 2.24) is 4.98 Å². The minimum Gasteiger partial charge on any atom is -0.258 e. The molecule has 0 radical (unpaired) electrons. The molecule has 0 saturated carbocycles. The van der Waals surface area contributed by atoms with Crippen LogP contribution in [0.3, 0.4) is 0 Å². The van der Waals surface area contributed by atoms with Crippen LogP contribution in [0.2, 0.25) is 0 Å². The van der Waals surface area contributed by atoms with Crippen LogP contribution in [0, 0.1) is 6.92 Å². The maximum Gasteiger partial charge on any atom is 0.0437 e. The van der Waals surface area contributed by atoms with E-state index >= 15 is 0 Å². The molecule has 0 aromatic carbocycles. The highest BCUT2D eigenvalue weighted by Crippen LogP contribution is 2.20. The van der Waals surface area contributed by atoms with Gasteiger partial charge in [-0.05, 0) is 31.9 Å². The molecule has 1 heteroatoms. The molecule has 66 valence electrons. The first-order valence-electron chi connectivity index (χ1n) is 4.71. The van der Waals surface area contributed by atoms with Gasteiger partial charge in [0.15, 0.2) is 0 Å². The molecule has 12 heavy (non-hydrogen) atoms. The van der Waals surface area contributed by atoms with Crippen LogP contribution in [0.15, 0.2) is 18.2 Å². The van der Waals surface area contributed by atoms with E-state index in [-0.39, 0.29) is 0 Å². The van der Waals surface area contributed by atoms with Gasteiger partial charge in [0, 0.05) is 17.3 Å². The Hall–Kier alpha value is -0.850. The van der Waals surface area contributed by atoms with Crippen LogP contribution in [-0.4, -0.2) is 4.98 Å². The van der Waals surface area contributed by atoms with Gasteiger partial charge in [-0.1, -0.05) is 19.9 Å². The van der Waals surface area contributed by atoms with Gasteiger partial charge in [-0.2, -0.15) is 0 Å². The zero-order valence-corrected chi connectivity index (χ0v) is 8.17. The van der Waals surface area contributed by atoms with Gasteiger partial charge < -0.3 is 0 Å². The van der Waals surface area contributed by atoms with E-state index in [1.165, 1.54) is 18.5 Å². The van der Waals surface area contributed by atoms with E-state index in [1.807, 2.05) is 13.0 Å². The van der Waals surface area contributed by atoms with Gasteiger partial charge in [0.2, 0.25) is 0 Å². The van der Waals surface area contributed by atoms with E-state index in [0.717, 1.165) is 5.69 Å². The van der Waals surface area contributed by atoms with Gasteiger partial charge in [-0.25, -0.2) is 0 Å². The summed E-state index contributed by atoms with van der Waals surface area (Å²) in [6.07, 6.45) is 2.37. The second-order valence-corrected chi connectivity index (χ2v) is 3.22. The first kappa shape index (κ1) is 9.24. The van der Waals surface area contributed by atoms with Crippen LogP contribution < -0.4 is 0 Å². The molecule has 1 rings (SSSR count). The topological polar surface area (TPSA) is 12.9 Å². The number of hydrogen-bond acceptors (Lipinski definition) is 1. The van der Waals surface area contributed by atoms with Crippen molar-refractivity contribution in [3.05, 3.63) is 29.6 Å². The standard InChI is InChI=1S/C11H17N/c1-4-10(5-2)11-8-6-7-9(3)12-11/h6-8,10H,4-5H2,1-3H3. The Balaban J connectivity index is 2.85. The van der Waals surface area contributed by atoms with Crippen molar-refractivity contribution in [1.29, 1.82) is 0 Å². The van der Waals surface area contributed by atoms with Crippen LogP contribution in [0.1, 0.15) is 44.0 Å². The lowest BCUT2D eigenvalue weighted by Gasteiger charge is -2.11. The molecule has 0 unspecified atom stereocenters. The SMILES string of the molecule is CCC(CC)c1cccc(C)n1. The molecule has 1 aromatic rings. The molecule has 0 saturated heterocycles. The quantitative estimate of drug-likeness (QED) is 0.666. The molecule has 0 spiro atoms. The summed E-state index contributed by atoms with van der Waals surface area (Å²) in [5.41, 5.74) is 2.37. The lowest BCUT2D eigenvalue weighted by molar-refractivity contribution is 0.621. The van der Waals surface area contributed by atoms with Crippen molar-refractivity contribution in [2.24, 2.45) is 0 Å². The molecule has 1 nitrogen and oxygen atoms in total. The third-order valence-corrected chi connectivity index (χ3v) is 2.31. The normalized spacial score (nSPS) is 10.7. The Labute approximate surface area is 74.8 Å². The first-order chi connectivity index (χ1) is 5.77. The molecular weight excluding hydrogens is 146 g/mol. The number of hydrogen-bond donors (Lipinski definition) is 0. The first-order valence-corrected chi connectivity index (χ1v) is 4.71. The summed E-state index contributed by atoms with van der Waals surface area (Å²) in [6, 6.07) is 6.27. The second kappa shape index (κ2) is 4.24. The predicted molar refractivity (Wildman–Crippen MR) is 52.3 cm³/mol. The molecule has 1 heterocycles. The predicted octanol–water partition coefficient (Wildman–Crippen LogP) is 3.29. The van der Waals surface area contributed by atoms with E-state index in [1.54, 1.807) is 0 Å². The van der Waals surface area contributed by atoms with Crippen molar-refractivity contribution >= 4 is 0 Å². The Morgan fingerprint density at radius 1 is 1.25 bits per heavy atom. The summed E-state index contributed by atoms with van der Waals surface area (Å²) in [5, 5.41) is 0. The Morgan fingerprint density at radius 3 is 2.42 bits per heavy atom. The fourth-order valence-corrected chi connectivity index (χ4v) is 1.50. The minimum atomic E-state index is 0.643. The summed E-state index contributed by atoms with van der Waals surface area (Å²) in [5.74, 6) is 0.643. The monoisotopic (exact) mass is 163 g/mol. The lowest BCUT2D eigenvalue weighted by Crippen LogP contribution is -1.99. The zero-order valence-electron chi connectivity index (χ0n) is 8.17. The Kier molecular flexibility index (Phi) is 3.27. The van der Waals surface area contributed by atoms with Crippen LogP contribution in [0.25, 0.3) is 0 Å². The van der Waals surface area contributed by atoms with Crippen molar-refractivity contribution < 1.29 is 0 Å².